The molecule has 1 radical (unpaired) electrons. The van der Waals surface area contributed by atoms with E-state index in [9.17, 15) is 0 Å². The molecule has 0 aliphatic carbocycles. The van der Waals surface area contributed by atoms with E-state index in [-0.39, 0.29) is 70.9 Å². The third kappa shape index (κ3) is 30.9. The summed E-state index contributed by atoms with van der Waals surface area (Å²) in [5, 5.41) is 0. The average Bonchev–Trinajstić information content (AvgIpc) is 0.811. The van der Waals surface area contributed by atoms with Crippen LogP contribution in [0.5, 0.6) is 0 Å². The van der Waals surface area contributed by atoms with E-state index in [1.807, 2.05) is 0 Å². The van der Waals surface area contributed by atoms with Crippen LogP contribution in [0.4, 0.5) is 0 Å². The quantitative estimate of drug-likeness (QED) is 0.329. The SMILES string of the molecule is OP(O)O.[K].[Zn]. The normalized spacial score (nSPS) is 6.00. The first-order chi connectivity index (χ1) is 1.73. The third-order valence-corrected chi connectivity index (χ3v) is 0. The fraction of sp³-hybridized carbons (Fsp3) is 0. The molecule has 0 bridgehead atoms. The van der Waals surface area contributed by atoms with Crippen molar-refractivity contribution in [1.82, 2.24) is 0 Å². The second kappa shape index (κ2) is 10.5. The van der Waals surface area contributed by atoms with Gasteiger partial charge in [-0.25, -0.2) is 0 Å². The summed E-state index contributed by atoms with van der Waals surface area (Å²) < 4.78 is 0. The van der Waals surface area contributed by atoms with Crippen molar-refractivity contribution < 1.29 is 34.2 Å². The Labute approximate surface area is 92.3 Å². The van der Waals surface area contributed by atoms with Crippen molar-refractivity contribution >= 4 is 60.0 Å². The van der Waals surface area contributed by atoms with Gasteiger partial charge in [-0.2, -0.15) is 0 Å². The zero-order chi connectivity index (χ0) is 3.58. The molecule has 29 valence electrons. The molecular formula is H3KO3PZn. The standard InChI is InChI=1S/K.H3O3P.Zn/c;1-4(2)3;/h;1-3H;. The fourth-order valence-corrected chi connectivity index (χ4v) is 0. The molecule has 0 aromatic rings. The molecule has 0 rings (SSSR count). The minimum atomic E-state index is -2.62. The molecule has 0 aromatic carbocycles. The van der Waals surface area contributed by atoms with Crippen LogP contribution in [-0.2, 0) is 19.5 Å². The topological polar surface area (TPSA) is 60.7 Å². The van der Waals surface area contributed by atoms with E-state index in [0.717, 1.165) is 0 Å². The van der Waals surface area contributed by atoms with Crippen LogP contribution in [0.3, 0.4) is 0 Å². The zero-order valence-corrected chi connectivity index (χ0v) is 10.5. The summed E-state index contributed by atoms with van der Waals surface area (Å²) in [6.07, 6.45) is 0. The van der Waals surface area contributed by atoms with Crippen LogP contribution in [0.1, 0.15) is 0 Å². The maximum absolute atomic E-state index is 7.23. The van der Waals surface area contributed by atoms with Crippen molar-refractivity contribution in [3.8, 4) is 0 Å². The molecule has 3 nitrogen and oxygen atoms in total. The molecule has 3 N–H and O–H groups in total. The number of rotatable bonds is 0. The Kier molecular flexibility index (Phi) is 27.8. The molecule has 6 heavy (non-hydrogen) atoms. The summed E-state index contributed by atoms with van der Waals surface area (Å²) in [5.74, 6) is 0. The Morgan fingerprint density at radius 2 is 1.00 bits per heavy atom. The van der Waals surface area contributed by atoms with E-state index in [1.165, 1.54) is 0 Å². The van der Waals surface area contributed by atoms with Gasteiger partial charge in [0.05, 0.1) is 0 Å². The van der Waals surface area contributed by atoms with Crippen LogP contribution >= 0.6 is 8.60 Å². The van der Waals surface area contributed by atoms with Gasteiger partial charge < -0.3 is 14.7 Å². The fourth-order valence-electron chi connectivity index (χ4n) is 0. The maximum Gasteiger partial charge on any atom is 0.324 e. The second-order valence-corrected chi connectivity index (χ2v) is 0.805. The number of hydrogen-bond acceptors (Lipinski definition) is 3. The molecule has 0 saturated heterocycles. The Hall–Kier alpha value is 2.57. The molecule has 0 heterocycles. The Bertz CT molecular complexity index is 15.5. The first kappa shape index (κ1) is 15.8. The molecule has 0 unspecified atom stereocenters. The third-order valence-electron chi connectivity index (χ3n) is 0. The molecule has 0 spiro atoms. The summed E-state index contributed by atoms with van der Waals surface area (Å²) in [6, 6.07) is 0. The van der Waals surface area contributed by atoms with E-state index >= 15 is 0 Å². The average molecular weight is 186 g/mol. The van der Waals surface area contributed by atoms with Crippen molar-refractivity contribution in [2.45, 2.75) is 0 Å². The Morgan fingerprint density at radius 1 is 1.00 bits per heavy atom. The maximum atomic E-state index is 7.23. The van der Waals surface area contributed by atoms with Gasteiger partial charge in [-0.3, -0.25) is 0 Å². The van der Waals surface area contributed by atoms with Gasteiger partial charge in [0.2, 0.25) is 0 Å². The Morgan fingerprint density at radius 3 is 1.00 bits per heavy atom. The van der Waals surface area contributed by atoms with Gasteiger partial charge in [0.25, 0.3) is 0 Å². The van der Waals surface area contributed by atoms with Crippen molar-refractivity contribution in [3.05, 3.63) is 0 Å². The van der Waals surface area contributed by atoms with Gasteiger partial charge in [0.15, 0.2) is 0 Å². The predicted octanol–water partition coefficient (Wildman–Crippen LogP) is -1.19. The van der Waals surface area contributed by atoms with E-state index in [2.05, 4.69) is 0 Å². The molecule has 0 aromatic heterocycles. The van der Waals surface area contributed by atoms with Crippen LogP contribution in [-0.4, -0.2) is 66.1 Å². The largest absolute Gasteiger partial charge is 0.328 e. The summed E-state index contributed by atoms with van der Waals surface area (Å²) >= 11 is 0. The monoisotopic (exact) mass is 185 g/mol. The molecule has 0 saturated carbocycles. The second-order valence-electron chi connectivity index (χ2n) is 0.268. The molecule has 0 atom stereocenters. The molecule has 6 heteroatoms. The zero-order valence-electron chi connectivity index (χ0n) is 3.50. The summed E-state index contributed by atoms with van der Waals surface area (Å²) in [7, 11) is -2.62. The van der Waals surface area contributed by atoms with Crippen LogP contribution in [0.15, 0.2) is 0 Å². The van der Waals surface area contributed by atoms with Gasteiger partial charge in [-0.05, 0) is 0 Å². The van der Waals surface area contributed by atoms with E-state index in [1.54, 1.807) is 0 Å². The van der Waals surface area contributed by atoms with Gasteiger partial charge in [-0.1, -0.05) is 0 Å². The molecular weight excluding hydrogens is 183 g/mol. The summed E-state index contributed by atoms with van der Waals surface area (Å²) in [6.45, 7) is 0. The van der Waals surface area contributed by atoms with Gasteiger partial charge >= 0.3 is 8.60 Å². The minimum absolute atomic E-state index is 0. The predicted molar refractivity (Wildman–Crippen MR) is 19.3 cm³/mol. The van der Waals surface area contributed by atoms with E-state index in [4.69, 9.17) is 14.7 Å². The van der Waals surface area contributed by atoms with Crippen LogP contribution in [0, 0.1) is 0 Å². The van der Waals surface area contributed by atoms with Gasteiger partial charge in [-0.15, -0.1) is 0 Å². The first-order valence-corrected chi connectivity index (χ1v) is 1.80. The molecule has 0 amide bonds. The van der Waals surface area contributed by atoms with Crippen LogP contribution in [0.2, 0.25) is 0 Å². The first-order valence-electron chi connectivity index (χ1n) is 0.600. The molecule has 0 aliphatic rings. The van der Waals surface area contributed by atoms with Crippen molar-refractivity contribution in [2.24, 2.45) is 0 Å². The van der Waals surface area contributed by atoms with Crippen LogP contribution in [0.25, 0.3) is 0 Å². The number of hydrogen-bond donors (Lipinski definition) is 3. The van der Waals surface area contributed by atoms with Gasteiger partial charge in [0.1, 0.15) is 0 Å². The van der Waals surface area contributed by atoms with E-state index < -0.39 is 8.60 Å². The molecule has 0 fully saturated rings. The van der Waals surface area contributed by atoms with Crippen molar-refractivity contribution in [1.29, 1.82) is 0 Å². The van der Waals surface area contributed by atoms with Crippen LogP contribution < -0.4 is 0 Å². The van der Waals surface area contributed by atoms with Crippen molar-refractivity contribution in [2.75, 3.05) is 0 Å². The van der Waals surface area contributed by atoms with Crippen molar-refractivity contribution in [3.63, 3.8) is 0 Å². The van der Waals surface area contributed by atoms with E-state index in [0.29, 0.717) is 0 Å². The Balaban J connectivity index is -0.0000000450. The van der Waals surface area contributed by atoms with Gasteiger partial charge in [0, 0.05) is 70.9 Å². The minimum Gasteiger partial charge on any atom is -0.328 e. The summed E-state index contributed by atoms with van der Waals surface area (Å²) in [5.41, 5.74) is 0. The summed E-state index contributed by atoms with van der Waals surface area (Å²) in [4.78, 5) is 21.7. The smallest absolute Gasteiger partial charge is 0.324 e. The molecule has 0 aliphatic heterocycles.